The van der Waals surface area contributed by atoms with E-state index in [-0.39, 0.29) is 54.5 Å². The van der Waals surface area contributed by atoms with E-state index >= 15 is 0 Å². The zero-order chi connectivity index (χ0) is 30.4. The minimum Gasteiger partial charge on any atom is -0.459 e. The van der Waals surface area contributed by atoms with Crippen LogP contribution in [0.15, 0.2) is 18.2 Å². The number of nitrogens with two attached hydrogens (primary N) is 1. The summed E-state index contributed by atoms with van der Waals surface area (Å²) in [5, 5.41) is 0. The zero-order valence-corrected chi connectivity index (χ0v) is 25.5. The van der Waals surface area contributed by atoms with Gasteiger partial charge in [0.05, 0.1) is 0 Å². The Morgan fingerprint density at radius 3 is 1.62 bits per heavy atom. The van der Waals surface area contributed by atoms with Crippen LogP contribution in [0.25, 0.3) is 0 Å². The second-order valence-electron chi connectivity index (χ2n) is 11.0. The minimum absolute atomic E-state index is 0.0880. The van der Waals surface area contributed by atoms with E-state index < -0.39 is 36.2 Å². The Labute approximate surface area is 239 Å². The van der Waals surface area contributed by atoms with E-state index in [0.717, 1.165) is 19.3 Å². The van der Waals surface area contributed by atoms with Gasteiger partial charge < -0.3 is 24.7 Å². The van der Waals surface area contributed by atoms with Gasteiger partial charge in [-0.15, -0.1) is 0 Å². The van der Waals surface area contributed by atoms with Crippen LogP contribution in [0.3, 0.4) is 0 Å². The van der Waals surface area contributed by atoms with E-state index in [1.165, 1.54) is 6.07 Å². The number of hydrogen-bond donors (Lipinski definition) is 1. The molecule has 2 N–H and O–H groups in total. The number of ether oxygens (including phenoxy) is 4. The van der Waals surface area contributed by atoms with Crippen LogP contribution in [0.5, 0.6) is 11.5 Å². The molecule has 0 radical (unpaired) electrons. The van der Waals surface area contributed by atoms with Crippen LogP contribution in [0, 0.1) is 17.8 Å². The Kier molecular flexibility index (Phi) is 15.5. The highest BCUT2D eigenvalue weighted by Crippen LogP contribution is 2.31. The van der Waals surface area contributed by atoms with E-state index in [2.05, 4.69) is 0 Å². The molecule has 0 amide bonds. The first kappa shape index (κ1) is 35.1. The van der Waals surface area contributed by atoms with Crippen LogP contribution < -0.4 is 15.2 Å². The van der Waals surface area contributed by atoms with Gasteiger partial charge in [0.15, 0.2) is 11.5 Å². The minimum atomic E-state index is -1.02. The number of hydrogen-bond acceptors (Lipinski definition) is 9. The molecule has 9 nitrogen and oxygen atoms in total. The molecule has 3 unspecified atom stereocenters. The summed E-state index contributed by atoms with van der Waals surface area (Å²) in [5.41, 5.74) is 6.73. The summed E-state index contributed by atoms with van der Waals surface area (Å²) in [6.07, 6.45) is 2.02. The molecule has 0 saturated heterocycles. The smallest absolute Gasteiger partial charge is 0.323 e. The molecule has 0 bridgehead atoms. The average molecular weight is 564 g/mol. The lowest BCUT2D eigenvalue weighted by atomic mass is 10.0. The Morgan fingerprint density at radius 2 is 1.12 bits per heavy atom. The highest BCUT2D eigenvalue weighted by molar-refractivity contribution is 5.78. The molecule has 1 aromatic rings. The maximum atomic E-state index is 12.7. The third kappa shape index (κ3) is 12.9. The van der Waals surface area contributed by atoms with Gasteiger partial charge in [-0.2, -0.15) is 0 Å². The monoisotopic (exact) mass is 563 g/mol. The van der Waals surface area contributed by atoms with Gasteiger partial charge in [-0.3, -0.25) is 19.2 Å². The Hall–Kier alpha value is -2.94. The summed E-state index contributed by atoms with van der Waals surface area (Å²) in [5.74, 6) is -1.14. The van der Waals surface area contributed by atoms with E-state index in [1.807, 2.05) is 41.5 Å². The van der Waals surface area contributed by atoms with Crippen molar-refractivity contribution in [3.63, 3.8) is 0 Å². The number of rotatable bonds is 17. The number of carbonyl (C=O) groups excluding carboxylic acids is 4. The van der Waals surface area contributed by atoms with Gasteiger partial charge in [0, 0.05) is 19.3 Å². The van der Waals surface area contributed by atoms with Crippen LogP contribution in [0.4, 0.5) is 0 Å². The summed E-state index contributed by atoms with van der Waals surface area (Å²) < 4.78 is 22.0. The molecule has 0 aromatic heterocycles. The molecular formula is C31H49NO8. The van der Waals surface area contributed by atoms with Crippen molar-refractivity contribution in [3.05, 3.63) is 23.8 Å². The summed E-state index contributed by atoms with van der Waals surface area (Å²) in [6, 6.07) is 3.73. The maximum absolute atomic E-state index is 12.7. The second-order valence-corrected chi connectivity index (χ2v) is 11.0. The van der Waals surface area contributed by atoms with Crippen molar-refractivity contribution in [2.75, 3.05) is 0 Å². The Balaban J connectivity index is 2.93. The van der Waals surface area contributed by atoms with Gasteiger partial charge in [0.1, 0.15) is 18.2 Å². The predicted molar refractivity (Wildman–Crippen MR) is 153 cm³/mol. The van der Waals surface area contributed by atoms with Crippen molar-refractivity contribution < 1.29 is 38.1 Å². The standard InChI is InChI=1S/C31H49NO8/c1-9-19(4)14-28(33)37-22(7)23(8)38-31(36)25(32)17-24-12-13-26(39-29(34)15-20(5)10-2)27(18-24)40-30(35)16-21(6)11-3/h12-13,18-23,25H,9-11,14-17,32H2,1-8H3/t19?,20?,21?,22-,23-,25-/m0/s1. The molecule has 40 heavy (non-hydrogen) atoms. The van der Waals surface area contributed by atoms with Crippen LogP contribution >= 0.6 is 0 Å². The third-order valence-corrected chi connectivity index (χ3v) is 7.13. The quantitative estimate of drug-likeness (QED) is 0.192. The molecule has 0 aliphatic rings. The number of esters is 4. The van der Waals surface area contributed by atoms with Gasteiger partial charge in [-0.05, 0) is 55.7 Å². The Bertz CT molecular complexity index is 978. The van der Waals surface area contributed by atoms with E-state index in [1.54, 1.807) is 26.0 Å². The number of carbonyl (C=O) groups is 4. The molecule has 0 aliphatic carbocycles. The first-order valence-electron chi connectivity index (χ1n) is 14.5. The summed E-state index contributed by atoms with van der Waals surface area (Å²) in [4.78, 5) is 49.7. The van der Waals surface area contributed by atoms with E-state index in [9.17, 15) is 19.2 Å². The third-order valence-electron chi connectivity index (χ3n) is 7.13. The van der Waals surface area contributed by atoms with E-state index in [4.69, 9.17) is 24.7 Å². The van der Waals surface area contributed by atoms with Crippen LogP contribution in [-0.4, -0.2) is 42.1 Å². The molecule has 0 saturated carbocycles. The van der Waals surface area contributed by atoms with Crippen molar-refractivity contribution in [2.24, 2.45) is 23.5 Å². The predicted octanol–water partition coefficient (Wildman–Crippen LogP) is 5.54. The van der Waals surface area contributed by atoms with Crippen molar-refractivity contribution in [3.8, 4) is 11.5 Å². The SMILES string of the molecule is CCC(C)CC(=O)Oc1ccc(C[C@H](N)C(=O)O[C@@H](C)[C@H](C)OC(=O)CC(C)CC)cc1OC(=O)CC(C)CC. The van der Waals surface area contributed by atoms with Crippen LogP contribution in [0.2, 0.25) is 0 Å². The molecule has 9 heteroatoms. The first-order valence-corrected chi connectivity index (χ1v) is 14.5. The fourth-order valence-corrected chi connectivity index (χ4v) is 3.51. The normalized spacial score (nSPS) is 15.6. The maximum Gasteiger partial charge on any atom is 0.323 e. The fourth-order valence-electron chi connectivity index (χ4n) is 3.51. The lowest BCUT2D eigenvalue weighted by molar-refractivity contribution is -0.166. The molecular weight excluding hydrogens is 514 g/mol. The summed E-state index contributed by atoms with van der Waals surface area (Å²) >= 11 is 0. The molecule has 6 atom stereocenters. The average Bonchev–Trinajstić information content (AvgIpc) is 2.89. The topological polar surface area (TPSA) is 131 Å². The Morgan fingerprint density at radius 1 is 0.675 bits per heavy atom. The molecule has 0 heterocycles. The first-order chi connectivity index (χ1) is 18.8. The fraction of sp³-hybridized carbons (Fsp3) is 0.677. The molecule has 1 aromatic carbocycles. The highest BCUT2D eigenvalue weighted by Gasteiger charge is 2.25. The van der Waals surface area contributed by atoms with E-state index in [0.29, 0.717) is 12.0 Å². The second kappa shape index (κ2) is 17.7. The van der Waals surface area contributed by atoms with Gasteiger partial charge in [-0.1, -0.05) is 66.9 Å². The van der Waals surface area contributed by atoms with Gasteiger partial charge >= 0.3 is 23.9 Å². The molecule has 226 valence electrons. The van der Waals surface area contributed by atoms with Gasteiger partial charge in [-0.25, -0.2) is 0 Å². The van der Waals surface area contributed by atoms with Crippen molar-refractivity contribution in [1.29, 1.82) is 0 Å². The van der Waals surface area contributed by atoms with Gasteiger partial charge in [0.2, 0.25) is 0 Å². The lowest BCUT2D eigenvalue weighted by Gasteiger charge is -2.23. The summed E-state index contributed by atoms with van der Waals surface area (Å²) in [7, 11) is 0. The van der Waals surface area contributed by atoms with Crippen LogP contribution in [-0.2, 0) is 35.1 Å². The van der Waals surface area contributed by atoms with Crippen molar-refractivity contribution >= 4 is 23.9 Å². The van der Waals surface area contributed by atoms with Gasteiger partial charge in [0.25, 0.3) is 0 Å². The molecule has 0 spiro atoms. The van der Waals surface area contributed by atoms with Crippen molar-refractivity contribution in [2.45, 2.75) is 119 Å². The number of benzene rings is 1. The zero-order valence-electron chi connectivity index (χ0n) is 25.5. The van der Waals surface area contributed by atoms with Crippen LogP contribution in [0.1, 0.15) is 99.5 Å². The van der Waals surface area contributed by atoms with Crippen molar-refractivity contribution in [1.82, 2.24) is 0 Å². The molecule has 0 aliphatic heterocycles. The summed E-state index contributed by atoms with van der Waals surface area (Å²) in [6.45, 7) is 15.2. The molecule has 0 fully saturated rings. The molecule has 1 rings (SSSR count). The highest BCUT2D eigenvalue weighted by atomic mass is 16.6. The largest absolute Gasteiger partial charge is 0.459 e. The lowest BCUT2D eigenvalue weighted by Crippen LogP contribution is -2.39.